The fraction of sp³-hybridized carbons (Fsp3) is 0.294. The number of rotatable bonds is 6. The van der Waals surface area contributed by atoms with Gasteiger partial charge in [-0.25, -0.2) is 30.4 Å². The van der Waals surface area contributed by atoms with Crippen LogP contribution in [0.3, 0.4) is 0 Å². The molecule has 2 aromatic carbocycles. The van der Waals surface area contributed by atoms with Gasteiger partial charge in [0, 0.05) is 12.2 Å². The van der Waals surface area contributed by atoms with Gasteiger partial charge in [-0.05, 0) is 55.3 Å². The van der Waals surface area contributed by atoms with Gasteiger partial charge in [-0.1, -0.05) is 0 Å². The van der Waals surface area contributed by atoms with Crippen molar-refractivity contribution in [2.45, 2.75) is 22.6 Å². The van der Waals surface area contributed by atoms with E-state index in [0.717, 1.165) is 0 Å². The number of nitrogens with zero attached hydrogens (tertiary/aromatic N) is 1. The smallest absolute Gasteiger partial charge is 0.265 e. The predicted octanol–water partition coefficient (Wildman–Crippen LogP) is 1.07. The van der Waals surface area contributed by atoms with Gasteiger partial charge in [0.1, 0.15) is 10.6 Å². The molecule has 10 nitrogen and oxygen atoms in total. The third-order valence-corrected chi connectivity index (χ3v) is 8.71. The third-order valence-electron chi connectivity index (χ3n) is 4.51. The van der Waals surface area contributed by atoms with Gasteiger partial charge in [0.15, 0.2) is 0 Å². The Bertz CT molecular complexity index is 1260. The summed E-state index contributed by atoms with van der Waals surface area (Å²) in [5.74, 6) is 0.0253. The molecule has 1 saturated heterocycles. The number of nitrogens with one attached hydrogen (secondary N) is 1. The second-order valence-corrected chi connectivity index (χ2v) is 11.8. The van der Waals surface area contributed by atoms with Crippen molar-refractivity contribution >= 4 is 41.4 Å². The molecule has 0 aromatic heterocycles. The number of hydrogen-bond donors (Lipinski definition) is 2. The number of methoxy groups -OCH3 is 1. The fourth-order valence-electron chi connectivity index (χ4n) is 3.03. The maximum Gasteiger partial charge on any atom is 0.265 e. The fourth-order valence-corrected chi connectivity index (χ4v) is 6.43. The molecule has 0 saturated carbocycles. The molecule has 164 valence electrons. The SMILES string of the molecule is COc1ccc(N2CCCCS2(=O)=O)cc1S(=O)(=O)Nc1ccc(S(N)(=O)=O)cc1. The summed E-state index contributed by atoms with van der Waals surface area (Å²) in [5.41, 5.74) is 0.320. The van der Waals surface area contributed by atoms with Crippen molar-refractivity contribution in [1.29, 1.82) is 0 Å². The normalized spacial score (nSPS) is 16.8. The van der Waals surface area contributed by atoms with E-state index in [2.05, 4.69) is 4.72 Å². The summed E-state index contributed by atoms with van der Waals surface area (Å²) in [6.07, 6.45) is 1.22. The summed E-state index contributed by atoms with van der Waals surface area (Å²) in [6.45, 7) is 0.261. The Morgan fingerprint density at radius 2 is 1.70 bits per heavy atom. The Morgan fingerprint density at radius 1 is 1.03 bits per heavy atom. The van der Waals surface area contributed by atoms with Crippen molar-refractivity contribution < 1.29 is 30.0 Å². The molecule has 2 aromatic rings. The van der Waals surface area contributed by atoms with E-state index in [0.29, 0.717) is 12.8 Å². The van der Waals surface area contributed by atoms with E-state index in [1.807, 2.05) is 0 Å². The van der Waals surface area contributed by atoms with Crippen LogP contribution in [-0.4, -0.2) is 44.7 Å². The first-order valence-corrected chi connectivity index (χ1v) is 13.4. The van der Waals surface area contributed by atoms with Crippen molar-refractivity contribution in [2.24, 2.45) is 5.14 Å². The lowest BCUT2D eigenvalue weighted by Crippen LogP contribution is -2.37. The second-order valence-electron chi connectivity index (χ2n) is 6.61. The molecular weight excluding hydrogens is 454 g/mol. The lowest BCUT2D eigenvalue weighted by atomic mass is 10.2. The highest BCUT2D eigenvalue weighted by atomic mass is 32.2. The summed E-state index contributed by atoms with van der Waals surface area (Å²) in [5, 5.41) is 5.04. The summed E-state index contributed by atoms with van der Waals surface area (Å²) in [4.78, 5) is -0.417. The quantitative estimate of drug-likeness (QED) is 0.634. The zero-order valence-corrected chi connectivity index (χ0v) is 18.4. The minimum absolute atomic E-state index is 0.00420. The largest absolute Gasteiger partial charge is 0.495 e. The Kier molecular flexibility index (Phi) is 6.00. The third kappa shape index (κ3) is 4.69. The van der Waals surface area contributed by atoms with Gasteiger partial charge in [-0.15, -0.1) is 0 Å². The highest BCUT2D eigenvalue weighted by Gasteiger charge is 2.28. The van der Waals surface area contributed by atoms with Gasteiger partial charge in [-0.3, -0.25) is 9.03 Å². The molecule has 1 aliphatic heterocycles. The first-order chi connectivity index (χ1) is 13.9. The van der Waals surface area contributed by atoms with Crippen molar-refractivity contribution in [2.75, 3.05) is 28.4 Å². The molecule has 0 aliphatic carbocycles. The van der Waals surface area contributed by atoms with Crippen LogP contribution in [0.5, 0.6) is 5.75 Å². The van der Waals surface area contributed by atoms with Crippen molar-refractivity contribution in [1.82, 2.24) is 0 Å². The molecular formula is C17H21N3O7S3. The number of nitrogens with two attached hydrogens (primary N) is 1. The average Bonchev–Trinajstić information content (AvgIpc) is 2.66. The number of anilines is 2. The Hall–Kier alpha value is -2.35. The van der Waals surface area contributed by atoms with E-state index in [9.17, 15) is 25.3 Å². The van der Waals surface area contributed by atoms with Crippen LogP contribution in [-0.2, 0) is 30.1 Å². The van der Waals surface area contributed by atoms with Crippen LogP contribution in [0.15, 0.2) is 52.3 Å². The molecule has 0 radical (unpaired) electrons. The first kappa shape index (κ1) is 22.3. The number of hydrogen-bond acceptors (Lipinski definition) is 7. The average molecular weight is 476 g/mol. The van der Waals surface area contributed by atoms with Crippen LogP contribution in [0, 0.1) is 0 Å². The molecule has 0 atom stereocenters. The predicted molar refractivity (Wildman–Crippen MR) is 112 cm³/mol. The lowest BCUT2D eigenvalue weighted by Gasteiger charge is -2.28. The molecule has 1 aliphatic rings. The zero-order chi connectivity index (χ0) is 22.2. The highest BCUT2D eigenvalue weighted by molar-refractivity contribution is 7.93. The minimum atomic E-state index is -4.18. The molecule has 1 heterocycles. The van der Waals surface area contributed by atoms with Gasteiger partial charge in [0.2, 0.25) is 20.0 Å². The first-order valence-electron chi connectivity index (χ1n) is 8.78. The van der Waals surface area contributed by atoms with Gasteiger partial charge in [-0.2, -0.15) is 0 Å². The van der Waals surface area contributed by atoms with Gasteiger partial charge in [0.25, 0.3) is 10.0 Å². The number of primary sulfonamides is 1. The number of ether oxygens (including phenoxy) is 1. The van der Waals surface area contributed by atoms with Gasteiger partial charge < -0.3 is 4.74 Å². The number of sulfonamides is 3. The van der Waals surface area contributed by atoms with Crippen molar-refractivity contribution in [3.8, 4) is 5.75 Å². The highest BCUT2D eigenvalue weighted by Crippen LogP contribution is 2.32. The van der Waals surface area contributed by atoms with E-state index >= 15 is 0 Å². The van der Waals surface area contributed by atoms with Crippen molar-refractivity contribution in [3.05, 3.63) is 42.5 Å². The van der Waals surface area contributed by atoms with Crippen molar-refractivity contribution in [3.63, 3.8) is 0 Å². The van der Waals surface area contributed by atoms with Gasteiger partial charge in [0.05, 0.1) is 23.4 Å². The van der Waals surface area contributed by atoms with E-state index in [4.69, 9.17) is 9.88 Å². The molecule has 0 spiro atoms. The van der Waals surface area contributed by atoms with E-state index in [1.165, 1.54) is 53.9 Å². The van der Waals surface area contributed by atoms with Gasteiger partial charge >= 0.3 is 0 Å². The summed E-state index contributed by atoms with van der Waals surface area (Å²) < 4.78 is 82.0. The summed E-state index contributed by atoms with van der Waals surface area (Å²) in [7, 11) is -10.3. The maximum absolute atomic E-state index is 13.0. The summed E-state index contributed by atoms with van der Waals surface area (Å²) in [6, 6.07) is 8.95. The Morgan fingerprint density at radius 3 is 2.27 bits per heavy atom. The molecule has 0 amide bonds. The molecule has 0 unspecified atom stereocenters. The van der Waals surface area contributed by atoms with Crippen LogP contribution in [0.4, 0.5) is 11.4 Å². The summed E-state index contributed by atoms with van der Waals surface area (Å²) >= 11 is 0. The van der Waals surface area contributed by atoms with E-state index in [1.54, 1.807) is 0 Å². The topological polar surface area (TPSA) is 153 Å². The maximum atomic E-state index is 13.0. The monoisotopic (exact) mass is 475 g/mol. The van der Waals surface area contributed by atoms with Crippen LogP contribution in [0.25, 0.3) is 0 Å². The number of benzene rings is 2. The lowest BCUT2D eigenvalue weighted by molar-refractivity contribution is 0.403. The van der Waals surface area contributed by atoms with Crippen LogP contribution >= 0.6 is 0 Å². The zero-order valence-electron chi connectivity index (χ0n) is 16.0. The van der Waals surface area contributed by atoms with E-state index in [-0.39, 0.29) is 39.2 Å². The minimum Gasteiger partial charge on any atom is -0.495 e. The van der Waals surface area contributed by atoms with Crippen LogP contribution in [0.1, 0.15) is 12.8 Å². The molecule has 30 heavy (non-hydrogen) atoms. The second kappa shape index (κ2) is 8.06. The molecule has 13 heteroatoms. The Balaban J connectivity index is 1.98. The molecule has 1 fully saturated rings. The molecule has 3 N–H and O–H groups in total. The Labute approximate surface area is 175 Å². The molecule has 0 bridgehead atoms. The van der Waals surface area contributed by atoms with E-state index < -0.39 is 30.1 Å². The molecule has 3 rings (SSSR count). The standard InChI is InChI=1S/C17H21N3O7S3/c1-27-16-9-6-14(20-10-2-3-11-28(20,21)22)12-17(16)30(25,26)19-13-4-7-15(8-5-13)29(18,23)24/h4-9,12,19H,2-3,10-11H2,1H3,(H2,18,23,24). The van der Waals surface area contributed by atoms with Crippen LogP contribution < -0.4 is 18.9 Å². The van der Waals surface area contributed by atoms with Crippen LogP contribution in [0.2, 0.25) is 0 Å².